The number of aliphatic hydroxyl groups excluding tert-OH is 1. The molecule has 5 nitrogen and oxygen atoms in total. The largest absolute Gasteiger partial charge is 0.395 e. The molecular weight excluding hydrogens is 268 g/mol. The van der Waals surface area contributed by atoms with Crippen LogP contribution in [0.15, 0.2) is 46.1 Å². The standard InChI is InChI=1S/C16H16N2O3/c1-17-10-9-15(20)18(16(17)21)12-14-7-5-13(6-8-14)4-2-3-11-19/h5-10,19H,3,11-12H2,1H3. The van der Waals surface area contributed by atoms with E-state index in [1.54, 1.807) is 7.05 Å². The van der Waals surface area contributed by atoms with Gasteiger partial charge in [-0.2, -0.15) is 0 Å². The Labute approximate surface area is 122 Å². The van der Waals surface area contributed by atoms with E-state index in [9.17, 15) is 9.59 Å². The van der Waals surface area contributed by atoms with Gasteiger partial charge in [-0.05, 0) is 17.7 Å². The molecule has 0 radical (unpaired) electrons. The first kappa shape index (κ1) is 14.8. The van der Waals surface area contributed by atoms with Crippen molar-refractivity contribution in [1.29, 1.82) is 0 Å². The number of aromatic nitrogens is 2. The lowest BCUT2D eigenvalue weighted by Crippen LogP contribution is -2.38. The summed E-state index contributed by atoms with van der Waals surface area (Å²) in [4.78, 5) is 23.7. The normalized spacial score (nSPS) is 10.0. The van der Waals surface area contributed by atoms with Gasteiger partial charge in [0, 0.05) is 31.3 Å². The Morgan fingerprint density at radius 2 is 1.86 bits per heavy atom. The summed E-state index contributed by atoms with van der Waals surface area (Å²) in [6, 6.07) is 8.70. The molecule has 0 bridgehead atoms. The summed E-state index contributed by atoms with van der Waals surface area (Å²) in [5, 5.41) is 8.66. The predicted molar refractivity (Wildman–Crippen MR) is 80.1 cm³/mol. The number of benzene rings is 1. The second-order valence-corrected chi connectivity index (χ2v) is 4.61. The molecule has 0 aliphatic rings. The SMILES string of the molecule is Cn1ccc(=O)n(Cc2ccc(C#CCCO)cc2)c1=O. The third kappa shape index (κ3) is 3.71. The second-order valence-electron chi connectivity index (χ2n) is 4.61. The van der Waals surface area contributed by atoms with Gasteiger partial charge in [0.2, 0.25) is 0 Å². The minimum atomic E-state index is -0.339. The van der Waals surface area contributed by atoms with Gasteiger partial charge in [0.05, 0.1) is 13.2 Å². The molecule has 0 aliphatic heterocycles. The van der Waals surface area contributed by atoms with E-state index in [1.165, 1.54) is 21.4 Å². The molecule has 0 aliphatic carbocycles. The van der Waals surface area contributed by atoms with Crippen molar-refractivity contribution >= 4 is 0 Å². The van der Waals surface area contributed by atoms with Gasteiger partial charge in [-0.25, -0.2) is 4.79 Å². The van der Waals surface area contributed by atoms with Crippen molar-refractivity contribution in [3.63, 3.8) is 0 Å². The highest BCUT2D eigenvalue weighted by Crippen LogP contribution is 2.04. The van der Waals surface area contributed by atoms with Crippen LogP contribution >= 0.6 is 0 Å². The average Bonchev–Trinajstić information content (AvgIpc) is 2.49. The molecule has 0 unspecified atom stereocenters. The Morgan fingerprint density at radius 1 is 1.14 bits per heavy atom. The quantitative estimate of drug-likeness (QED) is 0.826. The molecular formula is C16H16N2O3. The highest BCUT2D eigenvalue weighted by atomic mass is 16.2. The molecule has 0 saturated carbocycles. The van der Waals surface area contributed by atoms with Crippen LogP contribution in [-0.2, 0) is 13.6 Å². The molecule has 0 fully saturated rings. The van der Waals surface area contributed by atoms with E-state index in [0.29, 0.717) is 6.42 Å². The lowest BCUT2D eigenvalue weighted by Gasteiger charge is -2.06. The lowest BCUT2D eigenvalue weighted by molar-refractivity contribution is 0.305. The van der Waals surface area contributed by atoms with Gasteiger partial charge in [0.15, 0.2) is 0 Å². The van der Waals surface area contributed by atoms with E-state index >= 15 is 0 Å². The van der Waals surface area contributed by atoms with Crippen LogP contribution in [0.5, 0.6) is 0 Å². The van der Waals surface area contributed by atoms with Crippen LogP contribution < -0.4 is 11.2 Å². The smallest absolute Gasteiger partial charge is 0.331 e. The number of aryl methyl sites for hydroxylation is 1. The summed E-state index contributed by atoms with van der Waals surface area (Å²) in [6.07, 6.45) is 1.90. The van der Waals surface area contributed by atoms with Gasteiger partial charge in [-0.1, -0.05) is 24.0 Å². The Kier molecular flexibility index (Phi) is 4.75. The minimum Gasteiger partial charge on any atom is -0.395 e. The topological polar surface area (TPSA) is 64.2 Å². The van der Waals surface area contributed by atoms with Gasteiger partial charge in [-0.15, -0.1) is 0 Å². The Balaban J connectivity index is 2.22. The fraction of sp³-hybridized carbons (Fsp3) is 0.250. The monoisotopic (exact) mass is 284 g/mol. The second kappa shape index (κ2) is 6.73. The summed E-state index contributed by atoms with van der Waals surface area (Å²) in [6.45, 7) is 0.280. The number of rotatable bonds is 3. The lowest BCUT2D eigenvalue weighted by atomic mass is 10.1. The number of aliphatic hydroxyl groups is 1. The van der Waals surface area contributed by atoms with Crippen molar-refractivity contribution in [3.8, 4) is 11.8 Å². The first-order valence-electron chi connectivity index (χ1n) is 6.57. The molecule has 2 aromatic rings. The molecule has 1 heterocycles. The highest BCUT2D eigenvalue weighted by Gasteiger charge is 2.03. The van der Waals surface area contributed by atoms with Crippen molar-refractivity contribution in [2.24, 2.45) is 7.05 Å². The van der Waals surface area contributed by atoms with Crippen molar-refractivity contribution in [2.75, 3.05) is 6.61 Å². The predicted octanol–water partition coefficient (Wildman–Crippen LogP) is 0.329. The van der Waals surface area contributed by atoms with E-state index < -0.39 is 0 Å². The van der Waals surface area contributed by atoms with Gasteiger partial charge in [-0.3, -0.25) is 9.36 Å². The van der Waals surface area contributed by atoms with Gasteiger partial charge in [0.1, 0.15) is 0 Å². The number of nitrogens with zero attached hydrogens (tertiary/aromatic N) is 2. The summed E-state index contributed by atoms with van der Waals surface area (Å²) in [5.74, 6) is 5.76. The molecule has 5 heteroatoms. The Bertz CT molecular complexity index is 789. The van der Waals surface area contributed by atoms with Crippen LogP contribution in [0.25, 0.3) is 0 Å². The molecule has 0 atom stereocenters. The van der Waals surface area contributed by atoms with Crippen LogP contribution in [0.4, 0.5) is 0 Å². The zero-order valence-electron chi connectivity index (χ0n) is 11.7. The molecule has 0 amide bonds. The van der Waals surface area contributed by atoms with Crippen LogP contribution in [0.3, 0.4) is 0 Å². The highest BCUT2D eigenvalue weighted by molar-refractivity contribution is 5.36. The fourth-order valence-corrected chi connectivity index (χ4v) is 1.86. The van der Waals surface area contributed by atoms with E-state index in [0.717, 1.165) is 11.1 Å². The first-order chi connectivity index (χ1) is 10.1. The van der Waals surface area contributed by atoms with Crippen molar-refractivity contribution in [2.45, 2.75) is 13.0 Å². The summed E-state index contributed by atoms with van der Waals surface area (Å²) in [5.41, 5.74) is 1.04. The molecule has 108 valence electrons. The van der Waals surface area contributed by atoms with E-state index in [4.69, 9.17) is 5.11 Å². The average molecular weight is 284 g/mol. The maximum atomic E-state index is 11.9. The van der Waals surface area contributed by atoms with Crippen molar-refractivity contribution in [1.82, 2.24) is 9.13 Å². The zero-order valence-corrected chi connectivity index (χ0v) is 11.7. The van der Waals surface area contributed by atoms with Crippen LogP contribution in [0.1, 0.15) is 17.5 Å². The Morgan fingerprint density at radius 3 is 2.52 bits per heavy atom. The summed E-state index contributed by atoms with van der Waals surface area (Å²) >= 11 is 0. The van der Waals surface area contributed by atoms with Gasteiger partial charge in [0.25, 0.3) is 5.56 Å². The number of hydrogen-bond acceptors (Lipinski definition) is 3. The molecule has 1 N–H and O–H groups in total. The molecule has 0 spiro atoms. The minimum absolute atomic E-state index is 0.0469. The first-order valence-corrected chi connectivity index (χ1v) is 6.57. The third-order valence-electron chi connectivity index (χ3n) is 3.00. The summed E-state index contributed by atoms with van der Waals surface area (Å²) in [7, 11) is 1.61. The van der Waals surface area contributed by atoms with Gasteiger partial charge >= 0.3 is 5.69 Å². The van der Waals surface area contributed by atoms with Crippen molar-refractivity contribution < 1.29 is 5.11 Å². The molecule has 21 heavy (non-hydrogen) atoms. The van der Waals surface area contributed by atoms with Crippen LogP contribution in [0, 0.1) is 11.8 Å². The summed E-state index contributed by atoms with van der Waals surface area (Å²) < 4.78 is 2.56. The Hall–Kier alpha value is -2.58. The molecule has 1 aromatic heterocycles. The van der Waals surface area contributed by atoms with Crippen molar-refractivity contribution in [3.05, 3.63) is 68.5 Å². The molecule has 0 saturated heterocycles. The van der Waals surface area contributed by atoms with Gasteiger partial charge < -0.3 is 9.67 Å². The third-order valence-corrected chi connectivity index (χ3v) is 3.00. The maximum Gasteiger partial charge on any atom is 0.331 e. The maximum absolute atomic E-state index is 11.9. The van der Waals surface area contributed by atoms with E-state index in [1.807, 2.05) is 24.3 Å². The number of hydrogen-bond donors (Lipinski definition) is 1. The fourth-order valence-electron chi connectivity index (χ4n) is 1.86. The van der Waals surface area contributed by atoms with E-state index in [2.05, 4.69) is 11.8 Å². The zero-order chi connectivity index (χ0) is 15.2. The van der Waals surface area contributed by atoms with Crippen LogP contribution in [0.2, 0.25) is 0 Å². The van der Waals surface area contributed by atoms with E-state index in [-0.39, 0.29) is 24.4 Å². The van der Waals surface area contributed by atoms with Crippen LogP contribution in [-0.4, -0.2) is 20.8 Å². The molecule has 1 aromatic carbocycles. The molecule has 2 rings (SSSR count).